The number of hydrogen-bond donors (Lipinski definition) is 2. The smallest absolute Gasteiger partial charge is 0.180 e. The van der Waals surface area contributed by atoms with Crippen LogP contribution >= 0.6 is 11.5 Å². The Morgan fingerprint density at radius 3 is 2.85 bits per heavy atom. The Labute approximate surface area is 196 Å². The number of nitrogens with one attached hydrogen (secondary N) is 1. The average Bonchev–Trinajstić information content (AvgIpc) is 3.47. The second-order valence-electron chi connectivity index (χ2n) is 8.61. The molecule has 0 aliphatic heterocycles. The van der Waals surface area contributed by atoms with Gasteiger partial charge in [0, 0.05) is 31.0 Å². The number of aromatic nitrogens is 6. The van der Waals surface area contributed by atoms with E-state index in [0.29, 0.717) is 24.6 Å². The molecule has 0 aliphatic carbocycles. The molecule has 4 aromatic heterocycles. The third kappa shape index (κ3) is 5.44. The lowest BCUT2D eigenvalue weighted by Gasteiger charge is -2.27. The minimum atomic E-state index is -0.758. The molecule has 4 aromatic rings. The van der Waals surface area contributed by atoms with Gasteiger partial charge in [0.15, 0.2) is 11.5 Å². The molecule has 0 unspecified atom stereocenters. The molecule has 0 radical (unpaired) electrons. The van der Waals surface area contributed by atoms with E-state index < -0.39 is 5.60 Å². The lowest BCUT2D eigenvalue weighted by atomic mass is 10.1. The van der Waals surface area contributed by atoms with Gasteiger partial charge in [-0.05, 0) is 44.9 Å². The average molecular weight is 469 g/mol. The normalized spacial score (nSPS) is 12.1. The molecule has 4 rings (SSSR count). The Bertz CT molecular complexity index is 1250. The number of likely N-dealkylation sites (N-methyl/N-ethyl adjacent to an activating group) is 1. The second kappa shape index (κ2) is 9.38. The highest BCUT2D eigenvalue weighted by molar-refractivity contribution is 7.10. The van der Waals surface area contributed by atoms with Crippen LogP contribution < -0.4 is 5.32 Å². The Morgan fingerprint density at radius 2 is 2.12 bits per heavy atom. The molecule has 0 fully saturated rings. The summed E-state index contributed by atoms with van der Waals surface area (Å²) >= 11 is 1.37. The number of fused-ring (bicyclic) bond motifs is 1. The molecule has 0 atom stereocenters. The van der Waals surface area contributed by atoms with Gasteiger partial charge in [0.25, 0.3) is 0 Å². The number of anilines is 2. The van der Waals surface area contributed by atoms with Crippen LogP contribution in [0.3, 0.4) is 0 Å². The van der Waals surface area contributed by atoms with Gasteiger partial charge in [0.2, 0.25) is 0 Å². The number of imidazole rings is 1. The summed E-state index contributed by atoms with van der Waals surface area (Å²) in [4.78, 5) is 22.2. The van der Waals surface area contributed by atoms with E-state index >= 15 is 0 Å². The molecule has 0 saturated carbocycles. The summed E-state index contributed by atoms with van der Waals surface area (Å²) in [5.41, 5.74) is 3.43. The van der Waals surface area contributed by atoms with Gasteiger partial charge in [0.1, 0.15) is 11.3 Å². The molecule has 0 aliphatic rings. The molecule has 33 heavy (non-hydrogen) atoms. The predicted molar refractivity (Wildman–Crippen MR) is 128 cm³/mol. The van der Waals surface area contributed by atoms with Gasteiger partial charge in [-0.3, -0.25) is 14.0 Å². The number of rotatable bonds is 10. The summed E-state index contributed by atoms with van der Waals surface area (Å²) < 4.78 is 8.12. The fourth-order valence-corrected chi connectivity index (χ4v) is 4.35. The molecule has 0 bridgehead atoms. The van der Waals surface area contributed by atoms with Crippen molar-refractivity contribution in [2.24, 2.45) is 0 Å². The Balaban J connectivity index is 1.57. The Kier molecular flexibility index (Phi) is 6.54. The lowest BCUT2D eigenvalue weighted by Crippen LogP contribution is -2.38. The molecule has 0 amide bonds. The molecular weight excluding hydrogens is 440 g/mol. The third-order valence-corrected chi connectivity index (χ3v) is 5.79. The van der Waals surface area contributed by atoms with Gasteiger partial charge in [-0.2, -0.15) is 9.47 Å². The van der Waals surface area contributed by atoms with E-state index in [0.717, 1.165) is 40.5 Å². The summed E-state index contributed by atoms with van der Waals surface area (Å²) in [6, 6.07) is 2.01. The van der Waals surface area contributed by atoms with Crippen molar-refractivity contribution < 1.29 is 9.90 Å². The van der Waals surface area contributed by atoms with Crippen molar-refractivity contribution in [3.8, 4) is 11.3 Å². The van der Waals surface area contributed by atoms with Crippen LogP contribution in [-0.4, -0.2) is 63.5 Å². The van der Waals surface area contributed by atoms with Crippen molar-refractivity contribution in [3.63, 3.8) is 0 Å². The van der Waals surface area contributed by atoms with Crippen LogP contribution in [0.4, 0.5) is 10.8 Å². The summed E-state index contributed by atoms with van der Waals surface area (Å²) in [6.07, 6.45) is 8.06. The molecule has 0 saturated heterocycles. The molecule has 0 spiro atoms. The lowest BCUT2D eigenvalue weighted by molar-refractivity contribution is -0.108. The molecule has 4 heterocycles. The standard InChI is InChI=1S/C22H28N8O2S/c1-5-28(14-22(3,4)32)13-17-8-19(33-27-17)26-20-21-23-10-18(30(21)11-15(2)25-20)16-9-24-29(12-16)6-7-31/h7-12,32H,5-6,13-14H2,1-4H3,(H,25,26). The first-order valence-corrected chi connectivity index (χ1v) is 11.5. The van der Waals surface area contributed by atoms with E-state index in [1.54, 1.807) is 17.1 Å². The van der Waals surface area contributed by atoms with Gasteiger partial charge in [-0.15, -0.1) is 0 Å². The van der Waals surface area contributed by atoms with Crippen molar-refractivity contribution in [1.29, 1.82) is 0 Å². The van der Waals surface area contributed by atoms with E-state index in [1.165, 1.54) is 11.5 Å². The quantitative estimate of drug-likeness (QED) is 0.342. The topological polar surface area (TPSA) is 113 Å². The van der Waals surface area contributed by atoms with Crippen molar-refractivity contribution in [3.05, 3.63) is 42.2 Å². The maximum Gasteiger partial charge on any atom is 0.180 e. The Hall–Kier alpha value is -3.15. The number of aldehydes is 1. The van der Waals surface area contributed by atoms with Gasteiger partial charge in [-0.1, -0.05) is 6.92 Å². The van der Waals surface area contributed by atoms with Crippen LogP contribution in [0.2, 0.25) is 0 Å². The first-order chi connectivity index (χ1) is 15.8. The molecule has 10 nitrogen and oxygen atoms in total. The van der Waals surface area contributed by atoms with Crippen LogP contribution in [0.25, 0.3) is 16.9 Å². The van der Waals surface area contributed by atoms with Crippen LogP contribution in [-0.2, 0) is 17.9 Å². The fraction of sp³-hybridized carbons (Fsp3) is 0.409. The van der Waals surface area contributed by atoms with Crippen molar-refractivity contribution in [1.82, 2.24) is 33.4 Å². The van der Waals surface area contributed by atoms with E-state index in [9.17, 15) is 9.90 Å². The van der Waals surface area contributed by atoms with Crippen LogP contribution in [0.1, 0.15) is 32.2 Å². The van der Waals surface area contributed by atoms with Crippen molar-refractivity contribution in [2.75, 3.05) is 18.4 Å². The predicted octanol–water partition coefficient (Wildman–Crippen LogP) is 2.89. The van der Waals surface area contributed by atoms with Crippen molar-refractivity contribution in [2.45, 2.75) is 46.4 Å². The van der Waals surface area contributed by atoms with Crippen molar-refractivity contribution >= 4 is 34.3 Å². The summed E-state index contributed by atoms with van der Waals surface area (Å²) in [7, 11) is 0. The zero-order valence-corrected chi connectivity index (χ0v) is 20.0. The van der Waals surface area contributed by atoms with Crippen LogP contribution in [0, 0.1) is 6.92 Å². The van der Waals surface area contributed by atoms with Gasteiger partial charge in [-0.25, -0.2) is 9.97 Å². The first-order valence-electron chi connectivity index (χ1n) is 10.7. The molecule has 174 valence electrons. The monoisotopic (exact) mass is 468 g/mol. The molecule has 2 N–H and O–H groups in total. The van der Waals surface area contributed by atoms with Gasteiger partial charge >= 0.3 is 0 Å². The molecule has 0 aromatic carbocycles. The molecule has 11 heteroatoms. The number of carbonyl (C=O) groups is 1. The number of nitrogens with zero attached hydrogens (tertiary/aromatic N) is 7. The number of hydrogen-bond acceptors (Lipinski definition) is 9. The SMILES string of the molecule is CCN(Cc1cc(Nc2nc(C)cn3c(-c4cnn(CC=O)c4)cnc23)sn1)CC(C)(C)O. The van der Waals surface area contributed by atoms with E-state index in [2.05, 4.69) is 36.6 Å². The molecular formula is C22H28N8O2S. The second-order valence-corrected chi connectivity index (χ2v) is 9.41. The highest BCUT2D eigenvalue weighted by Crippen LogP contribution is 2.28. The fourth-order valence-electron chi connectivity index (χ4n) is 3.70. The number of aryl methyl sites for hydroxylation is 1. The van der Waals surface area contributed by atoms with Crippen LogP contribution in [0.15, 0.2) is 30.9 Å². The maximum absolute atomic E-state index is 10.8. The zero-order chi connectivity index (χ0) is 23.6. The summed E-state index contributed by atoms with van der Waals surface area (Å²) in [5, 5.41) is 18.6. The highest BCUT2D eigenvalue weighted by atomic mass is 32.1. The van der Waals surface area contributed by atoms with Gasteiger partial charge in [0.05, 0.1) is 41.6 Å². The minimum Gasteiger partial charge on any atom is -0.389 e. The summed E-state index contributed by atoms with van der Waals surface area (Å²) in [5.74, 6) is 0.639. The van der Waals surface area contributed by atoms with Crippen LogP contribution in [0.5, 0.6) is 0 Å². The minimum absolute atomic E-state index is 0.211. The van der Waals surface area contributed by atoms with E-state index in [-0.39, 0.29) is 6.54 Å². The zero-order valence-electron chi connectivity index (χ0n) is 19.2. The van der Waals surface area contributed by atoms with E-state index in [1.807, 2.05) is 43.6 Å². The largest absolute Gasteiger partial charge is 0.389 e. The van der Waals surface area contributed by atoms with E-state index in [4.69, 9.17) is 0 Å². The first kappa shape index (κ1) is 23.0. The maximum atomic E-state index is 10.8. The number of carbonyl (C=O) groups excluding carboxylic acids is 1. The highest BCUT2D eigenvalue weighted by Gasteiger charge is 2.19. The number of aliphatic hydroxyl groups is 1. The Morgan fingerprint density at radius 1 is 1.30 bits per heavy atom. The van der Waals surface area contributed by atoms with Gasteiger partial charge < -0.3 is 15.2 Å². The third-order valence-electron chi connectivity index (χ3n) is 5.05. The summed E-state index contributed by atoms with van der Waals surface area (Å²) in [6.45, 7) is 9.89.